The van der Waals surface area contributed by atoms with Gasteiger partial charge in [0.15, 0.2) is 0 Å². The van der Waals surface area contributed by atoms with Crippen molar-refractivity contribution in [2.24, 2.45) is 0 Å². The molecule has 0 spiro atoms. The van der Waals surface area contributed by atoms with E-state index in [9.17, 15) is 0 Å². The van der Waals surface area contributed by atoms with Gasteiger partial charge in [-0.15, -0.1) is 0 Å². The molecule has 2 rings (SSSR count). The Kier molecular flexibility index (Phi) is 2.92. The van der Waals surface area contributed by atoms with E-state index in [4.69, 9.17) is 10.2 Å². The second-order valence-electron chi connectivity index (χ2n) is 4.45. The van der Waals surface area contributed by atoms with Gasteiger partial charge in [-0.3, -0.25) is 0 Å². The molecule has 0 saturated carbocycles. The lowest BCUT2D eigenvalue weighted by atomic mass is 9.96. The number of nitrogens with two attached hydrogens (primary N) is 1. The highest BCUT2D eigenvalue weighted by molar-refractivity contribution is 5.70. The molecule has 0 aliphatic carbocycles. The van der Waals surface area contributed by atoms with Gasteiger partial charge in [0.2, 0.25) is 0 Å². The molecule has 90 valence electrons. The van der Waals surface area contributed by atoms with Gasteiger partial charge in [-0.1, -0.05) is 24.6 Å². The van der Waals surface area contributed by atoms with Gasteiger partial charge in [0, 0.05) is 12.0 Å². The van der Waals surface area contributed by atoms with Gasteiger partial charge in [-0.05, 0) is 31.9 Å². The molecule has 0 bridgehead atoms. The molecule has 0 unspecified atom stereocenters. The van der Waals surface area contributed by atoms with Crippen LogP contribution in [0.5, 0.6) is 0 Å². The summed E-state index contributed by atoms with van der Waals surface area (Å²) in [4.78, 5) is 4.31. The molecular weight excluding hydrogens is 212 g/mol. The van der Waals surface area contributed by atoms with E-state index in [0.717, 1.165) is 23.4 Å². The van der Waals surface area contributed by atoms with Gasteiger partial charge in [0.1, 0.15) is 11.5 Å². The molecule has 0 atom stereocenters. The summed E-state index contributed by atoms with van der Waals surface area (Å²) in [6.45, 7) is 8.34. The number of aromatic nitrogens is 1. The lowest BCUT2D eigenvalue weighted by Gasteiger charge is -2.09. The summed E-state index contributed by atoms with van der Waals surface area (Å²) in [5, 5.41) is 0. The van der Waals surface area contributed by atoms with Crippen LogP contribution in [-0.4, -0.2) is 4.98 Å². The molecule has 3 nitrogen and oxygen atoms in total. The summed E-state index contributed by atoms with van der Waals surface area (Å²) in [7, 11) is 0. The van der Waals surface area contributed by atoms with Crippen LogP contribution in [0.3, 0.4) is 0 Å². The van der Waals surface area contributed by atoms with E-state index in [1.54, 1.807) is 0 Å². The van der Waals surface area contributed by atoms with E-state index in [2.05, 4.69) is 37.9 Å². The minimum absolute atomic E-state index is 0.247. The van der Waals surface area contributed by atoms with Crippen molar-refractivity contribution in [3.05, 3.63) is 34.6 Å². The molecular formula is C14H18N2O. The van der Waals surface area contributed by atoms with Crippen LogP contribution in [0, 0.1) is 20.8 Å². The normalized spacial score (nSPS) is 10.8. The van der Waals surface area contributed by atoms with Gasteiger partial charge < -0.3 is 10.2 Å². The molecule has 0 saturated heterocycles. The Labute approximate surface area is 102 Å². The topological polar surface area (TPSA) is 52.0 Å². The van der Waals surface area contributed by atoms with E-state index < -0.39 is 0 Å². The second kappa shape index (κ2) is 4.24. The van der Waals surface area contributed by atoms with Crippen LogP contribution in [-0.2, 0) is 6.42 Å². The molecule has 0 aliphatic rings. The summed E-state index contributed by atoms with van der Waals surface area (Å²) in [6, 6.07) is 4.57. The van der Waals surface area contributed by atoms with Crippen molar-refractivity contribution in [1.29, 1.82) is 0 Å². The van der Waals surface area contributed by atoms with E-state index in [0.29, 0.717) is 0 Å². The average Bonchev–Trinajstić information content (AvgIpc) is 2.58. The predicted octanol–water partition coefficient (Wildman–Crippen LogP) is 3.41. The second-order valence-corrected chi connectivity index (χ2v) is 4.45. The first-order chi connectivity index (χ1) is 8.02. The number of nitrogens with zero attached hydrogens (tertiary/aromatic N) is 1. The SMILES string of the molecule is CCc1oc(N)nc1-c1c(C)cc(C)cc1C. The van der Waals surface area contributed by atoms with Gasteiger partial charge in [0.25, 0.3) is 6.01 Å². The number of rotatable bonds is 2. The van der Waals surface area contributed by atoms with Crippen molar-refractivity contribution in [3.63, 3.8) is 0 Å². The third kappa shape index (κ3) is 2.05. The fourth-order valence-corrected chi connectivity index (χ4v) is 2.36. The molecule has 0 amide bonds. The first kappa shape index (κ1) is 11.7. The van der Waals surface area contributed by atoms with Crippen molar-refractivity contribution >= 4 is 6.01 Å². The van der Waals surface area contributed by atoms with E-state index >= 15 is 0 Å². The zero-order valence-corrected chi connectivity index (χ0v) is 10.8. The molecule has 1 aromatic carbocycles. The van der Waals surface area contributed by atoms with Crippen molar-refractivity contribution in [3.8, 4) is 11.3 Å². The van der Waals surface area contributed by atoms with E-state index in [1.165, 1.54) is 16.7 Å². The Morgan fingerprint density at radius 1 is 1.18 bits per heavy atom. The standard InChI is InChI=1S/C14H18N2O/c1-5-11-13(16-14(15)17-11)12-9(3)6-8(2)7-10(12)4/h6-7H,5H2,1-4H3,(H2,15,16). The maximum absolute atomic E-state index is 5.64. The van der Waals surface area contributed by atoms with Crippen molar-refractivity contribution in [2.45, 2.75) is 34.1 Å². The molecule has 0 radical (unpaired) electrons. The number of aryl methyl sites for hydroxylation is 4. The Bertz CT molecular complexity index is 532. The quantitative estimate of drug-likeness (QED) is 0.860. The van der Waals surface area contributed by atoms with Gasteiger partial charge in [0.05, 0.1) is 0 Å². The maximum atomic E-state index is 5.64. The highest BCUT2D eigenvalue weighted by Crippen LogP contribution is 2.31. The zero-order chi connectivity index (χ0) is 12.6. The summed E-state index contributed by atoms with van der Waals surface area (Å²) < 4.78 is 5.43. The maximum Gasteiger partial charge on any atom is 0.292 e. The van der Waals surface area contributed by atoms with Crippen LogP contribution in [0.4, 0.5) is 6.01 Å². The van der Waals surface area contributed by atoms with Crippen LogP contribution >= 0.6 is 0 Å². The number of nitrogen functional groups attached to an aromatic ring is 1. The van der Waals surface area contributed by atoms with Crippen LogP contribution in [0.15, 0.2) is 16.5 Å². The Morgan fingerprint density at radius 3 is 2.29 bits per heavy atom. The molecule has 0 fully saturated rings. The molecule has 3 heteroatoms. The first-order valence-corrected chi connectivity index (χ1v) is 5.86. The van der Waals surface area contributed by atoms with Crippen molar-refractivity contribution < 1.29 is 4.42 Å². The molecule has 0 aliphatic heterocycles. The number of hydrogen-bond acceptors (Lipinski definition) is 3. The summed E-state index contributed by atoms with van der Waals surface area (Å²) in [5.74, 6) is 0.859. The van der Waals surface area contributed by atoms with E-state index in [-0.39, 0.29) is 6.01 Å². The lowest BCUT2D eigenvalue weighted by molar-refractivity contribution is 0.530. The Hall–Kier alpha value is -1.77. The molecule has 1 aromatic heterocycles. The fraction of sp³-hybridized carbons (Fsp3) is 0.357. The fourth-order valence-electron chi connectivity index (χ4n) is 2.36. The summed E-state index contributed by atoms with van der Waals surface area (Å²) >= 11 is 0. The monoisotopic (exact) mass is 230 g/mol. The average molecular weight is 230 g/mol. The van der Waals surface area contributed by atoms with E-state index in [1.807, 2.05) is 6.92 Å². The number of benzene rings is 1. The summed E-state index contributed by atoms with van der Waals surface area (Å²) in [6.07, 6.45) is 0.798. The number of oxazole rings is 1. The molecule has 2 N–H and O–H groups in total. The molecule has 1 heterocycles. The van der Waals surface area contributed by atoms with Crippen LogP contribution < -0.4 is 5.73 Å². The largest absolute Gasteiger partial charge is 0.428 e. The minimum Gasteiger partial charge on any atom is -0.428 e. The van der Waals surface area contributed by atoms with Crippen LogP contribution in [0.2, 0.25) is 0 Å². The number of anilines is 1. The lowest BCUT2D eigenvalue weighted by Crippen LogP contribution is -1.93. The third-order valence-electron chi connectivity index (χ3n) is 2.95. The highest BCUT2D eigenvalue weighted by Gasteiger charge is 2.16. The molecule has 2 aromatic rings. The highest BCUT2D eigenvalue weighted by atomic mass is 16.4. The van der Waals surface area contributed by atoms with Gasteiger partial charge in [-0.2, -0.15) is 4.98 Å². The summed E-state index contributed by atoms with van der Waals surface area (Å²) in [5.41, 5.74) is 11.4. The van der Waals surface area contributed by atoms with Gasteiger partial charge >= 0.3 is 0 Å². The predicted molar refractivity (Wildman–Crippen MR) is 69.9 cm³/mol. The van der Waals surface area contributed by atoms with Gasteiger partial charge in [-0.25, -0.2) is 0 Å². The smallest absolute Gasteiger partial charge is 0.292 e. The Morgan fingerprint density at radius 2 is 1.76 bits per heavy atom. The zero-order valence-electron chi connectivity index (χ0n) is 10.8. The number of hydrogen-bond donors (Lipinski definition) is 1. The van der Waals surface area contributed by atoms with Crippen LogP contribution in [0.25, 0.3) is 11.3 Å². The van der Waals surface area contributed by atoms with Crippen LogP contribution in [0.1, 0.15) is 29.4 Å². The minimum atomic E-state index is 0.247. The Balaban J connectivity index is 2.67. The third-order valence-corrected chi connectivity index (χ3v) is 2.95. The van der Waals surface area contributed by atoms with Crippen molar-refractivity contribution in [2.75, 3.05) is 5.73 Å². The first-order valence-electron chi connectivity index (χ1n) is 5.86. The molecule has 17 heavy (non-hydrogen) atoms. The van der Waals surface area contributed by atoms with Crippen molar-refractivity contribution in [1.82, 2.24) is 4.98 Å².